The zero-order valence-corrected chi connectivity index (χ0v) is 11.5. The topological polar surface area (TPSA) is 98.7 Å². The zero-order valence-electron chi connectivity index (χ0n) is 11.5. The summed E-state index contributed by atoms with van der Waals surface area (Å²) in [6, 6.07) is 4.26. The summed E-state index contributed by atoms with van der Waals surface area (Å²) in [5.41, 5.74) is 5.14. The van der Waals surface area contributed by atoms with Crippen LogP contribution in [0.5, 0.6) is 0 Å². The highest BCUT2D eigenvalue weighted by atomic mass is 16.6. The van der Waals surface area contributed by atoms with Crippen molar-refractivity contribution in [1.29, 1.82) is 0 Å². The van der Waals surface area contributed by atoms with E-state index in [4.69, 9.17) is 10.5 Å². The molecule has 0 unspecified atom stereocenters. The van der Waals surface area contributed by atoms with E-state index in [-0.39, 0.29) is 22.8 Å². The van der Waals surface area contributed by atoms with Crippen LogP contribution in [0.3, 0.4) is 0 Å². The Morgan fingerprint density at radius 3 is 2.80 bits per heavy atom. The fraction of sp³-hybridized carbons (Fsp3) is 0.462. The monoisotopic (exact) mass is 279 g/mol. The van der Waals surface area contributed by atoms with Gasteiger partial charge in [0.2, 0.25) is 0 Å². The Kier molecular flexibility index (Phi) is 3.63. The van der Waals surface area contributed by atoms with Gasteiger partial charge in [-0.2, -0.15) is 0 Å². The van der Waals surface area contributed by atoms with Gasteiger partial charge in [-0.25, -0.2) is 0 Å². The molecule has 1 aromatic rings. The second-order valence-corrected chi connectivity index (χ2v) is 5.33. The zero-order chi connectivity index (χ0) is 14.9. The van der Waals surface area contributed by atoms with Crippen molar-refractivity contribution in [3.63, 3.8) is 0 Å². The molecule has 20 heavy (non-hydrogen) atoms. The number of carbonyl (C=O) groups excluding carboxylic acids is 1. The second kappa shape index (κ2) is 5.09. The molecule has 0 spiro atoms. The van der Waals surface area contributed by atoms with Crippen molar-refractivity contribution in [2.24, 2.45) is 0 Å². The molecular weight excluding hydrogens is 262 g/mol. The molecule has 7 heteroatoms. The van der Waals surface area contributed by atoms with E-state index in [1.54, 1.807) is 4.90 Å². The van der Waals surface area contributed by atoms with Gasteiger partial charge in [-0.3, -0.25) is 14.9 Å². The number of nitro benzene ring substituents is 1. The lowest BCUT2D eigenvalue weighted by molar-refractivity contribution is -0.383. The van der Waals surface area contributed by atoms with E-state index in [9.17, 15) is 14.9 Å². The molecule has 0 saturated carbocycles. The number of benzene rings is 1. The number of nitrogen functional groups attached to an aromatic ring is 1. The van der Waals surface area contributed by atoms with Crippen LogP contribution in [0.15, 0.2) is 18.2 Å². The van der Waals surface area contributed by atoms with Crippen molar-refractivity contribution >= 4 is 17.3 Å². The lowest BCUT2D eigenvalue weighted by Crippen LogP contribution is -2.50. The van der Waals surface area contributed by atoms with Gasteiger partial charge in [-0.1, -0.05) is 6.07 Å². The maximum atomic E-state index is 12.5. The fourth-order valence-corrected chi connectivity index (χ4v) is 2.26. The van der Waals surface area contributed by atoms with Crippen LogP contribution in [0.25, 0.3) is 0 Å². The molecule has 0 atom stereocenters. The van der Waals surface area contributed by atoms with Gasteiger partial charge >= 0.3 is 0 Å². The van der Waals surface area contributed by atoms with Gasteiger partial charge in [0.15, 0.2) is 0 Å². The second-order valence-electron chi connectivity index (χ2n) is 5.33. The molecule has 1 saturated heterocycles. The van der Waals surface area contributed by atoms with E-state index in [1.807, 2.05) is 13.8 Å². The van der Waals surface area contributed by atoms with Gasteiger partial charge in [0, 0.05) is 19.2 Å². The summed E-state index contributed by atoms with van der Waals surface area (Å²) in [5, 5.41) is 10.9. The summed E-state index contributed by atoms with van der Waals surface area (Å²) in [4.78, 5) is 24.3. The molecular formula is C13H17N3O4. The molecule has 1 fully saturated rings. The number of hydrogen-bond acceptors (Lipinski definition) is 5. The number of carbonyl (C=O) groups is 1. The number of nitrogens with two attached hydrogens (primary N) is 1. The van der Waals surface area contributed by atoms with E-state index in [1.165, 1.54) is 18.2 Å². The minimum atomic E-state index is -0.588. The molecule has 0 radical (unpaired) electrons. The van der Waals surface area contributed by atoms with Crippen LogP contribution in [0.2, 0.25) is 0 Å². The number of nitro groups is 1. The molecule has 0 aromatic heterocycles. The van der Waals surface area contributed by atoms with Crippen LogP contribution in [-0.2, 0) is 4.74 Å². The lowest BCUT2D eigenvalue weighted by Gasteiger charge is -2.38. The summed E-state index contributed by atoms with van der Waals surface area (Å²) in [6.07, 6.45) is 0. The Labute approximate surface area is 116 Å². The largest absolute Gasteiger partial charge is 0.393 e. The third-order valence-electron chi connectivity index (χ3n) is 3.22. The third kappa shape index (κ3) is 2.72. The molecule has 1 aliphatic heterocycles. The van der Waals surface area contributed by atoms with Crippen molar-refractivity contribution in [2.75, 3.05) is 25.4 Å². The van der Waals surface area contributed by atoms with Crippen molar-refractivity contribution in [1.82, 2.24) is 4.90 Å². The summed E-state index contributed by atoms with van der Waals surface area (Å²) in [7, 11) is 0. The Morgan fingerprint density at radius 2 is 2.20 bits per heavy atom. The summed E-state index contributed by atoms with van der Waals surface area (Å²) >= 11 is 0. The fourth-order valence-electron chi connectivity index (χ4n) is 2.26. The number of ether oxygens (including phenoxy) is 1. The number of anilines is 1. The molecule has 108 valence electrons. The average molecular weight is 279 g/mol. The molecule has 1 aromatic carbocycles. The van der Waals surface area contributed by atoms with Gasteiger partial charge in [0.1, 0.15) is 5.69 Å². The van der Waals surface area contributed by atoms with Crippen LogP contribution in [0.4, 0.5) is 11.4 Å². The van der Waals surface area contributed by atoms with E-state index in [0.717, 1.165) is 0 Å². The summed E-state index contributed by atoms with van der Waals surface area (Å²) in [6.45, 7) is 5.10. The number of morpholine rings is 1. The lowest BCUT2D eigenvalue weighted by atomic mass is 10.1. The van der Waals surface area contributed by atoms with Crippen molar-refractivity contribution in [3.8, 4) is 0 Å². The molecule has 7 nitrogen and oxygen atoms in total. The van der Waals surface area contributed by atoms with Crippen LogP contribution in [-0.4, -0.2) is 41.0 Å². The highest BCUT2D eigenvalue weighted by Crippen LogP contribution is 2.27. The normalized spacial score (nSPS) is 17.8. The van der Waals surface area contributed by atoms with E-state index in [0.29, 0.717) is 19.7 Å². The first-order valence-corrected chi connectivity index (χ1v) is 6.28. The van der Waals surface area contributed by atoms with Gasteiger partial charge in [-0.05, 0) is 19.9 Å². The minimum Gasteiger partial charge on any atom is -0.393 e. The van der Waals surface area contributed by atoms with Gasteiger partial charge in [0.05, 0.1) is 22.7 Å². The molecule has 0 bridgehead atoms. The molecule has 1 amide bonds. The number of nitrogens with zero attached hydrogens (tertiary/aromatic N) is 2. The summed E-state index contributed by atoms with van der Waals surface area (Å²) < 4.78 is 5.54. The number of para-hydroxylation sites is 1. The maximum absolute atomic E-state index is 12.5. The molecule has 1 aliphatic rings. The molecule has 0 aliphatic carbocycles. The quantitative estimate of drug-likeness (QED) is 0.501. The van der Waals surface area contributed by atoms with Crippen LogP contribution in [0, 0.1) is 10.1 Å². The third-order valence-corrected chi connectivity index (χ3v) is 3.22. The maximum Gasteiger partial charge on any atom is 0.292 e. The first-order chi connectivity index (χ1) is 9.32. The van der Waals surface area contributed by atoms with Crippen molar-refractivity contribution < 1.29 is 14.5 Å². The Hall–Kier alpha value is -2.15. The van der Waals surface area contributed by atoms with E-state index >= 15 is 0 Å². The predicted molar refractivity (Wildman–Crippen MR) is 73.4 cm³/mol. The Balaban J connectivity index is 2.30. The number of hydrogen-bond donors (Lipinski definition) is 1. The first kappa shape index (κ1) is 14.3. The van der Waals surface area contributed by atoms with Crippen LogP contribution in [0.1, 0.15) is 24.2 Å². The minimum absolute atomic E-state index is 0.0909. The number of amides is 1. The highest BCUT2D eigenvalue weighted by Gasteiger charge is 2.32. The molecule has 2 rings (SSSR count). The molecule has 2 N–H and O–H groups in total. The Morgan fingerprint density at radius 1 is 1.50 bits per heavy atom. The first-order valence-electron chi connectivity index (χ1n) is 6.28. The average Bonchev–Trinajstić information content (AvgIpc) is 2.36. The number of rotatable bonds is 2. The van der Waals surface area contributed by atoms with E-state index < -0.39 is 10.5 Å². The van der Waals surface area contributed by atoms with Gasteiger partial charge < -0.3 is 15.4 Å². The molecule has 1 heterocycles. The standard InChI is InChI=1S/C13H17N3O4/c1-13(2)8-15(6-7-20-13)12(17)9-4-3-5-10(11(9)14)16(18)19/h3-5H,6-8,14H2,1-2H3. The van der Waals surface area contributed by atoms with Crippen LogP contribution < -0.4 is 5.73 Å². The van der Waals surface area contributed by atoms with Crippen molar-refractivity contribution in [3.05, 3.63) is 33.9 Å². The highest BCUT2D eigenvalue weighted by molar-refractivity contribution is 6.01. The Bertz CT molecular complexity index is 557. The van der Waals surface area contributed by atoms with Gasteiger partial charge in [0.25, 0.3) is 11.6 Å². The van der Waals surface area contributed by atoms with Crippen LogP contribution >= 0.6 is 0 Å². The van der Waals surface area contributed by atoms with Gasteiger partial charge in [-0.15, -0.1) is 0 Å². The summed E-state index contributed by atoms with van der Waals surface area (Å²) in [5.74, 6) is -0.303. The predicted octanol–water partition coefficient (Wildman–Crippen LogP) is 1.43. The van der Waals surface area contributed by atoms with E-state index in [2.05, 4.69) is 0 Å². The smallest absolute Gasteiger partial charge is 0.292 e. The SMILES string of the molecule is CC1(C)CN(C(=O)c2cccc([N+](=O)[O-])c2N)CCO1. The van der Waals surface area contributed by atoms with Crippen molar-refractivity contribution in [2.45, 2.75) is 19.4 Å².